The van der Waals surface area contributed by atoms with Gasteiger partial charge in [-0.25, -0.2) is 0 Å². The van der Waals surface area contributed by atoms with Crippen molar-refractivity contribution in [3.63, 3.8) is 0 Å². The van der Waals surface area contributed by atoms with Gasteiger partial charge in [-0.2, -0.15) is 0 Å². The van der Waals surface area contributed by atoms with Crippen LogP contribution in [0.1, 0.15) is 23.6 Å². The van der Waals surface area contributed by atoms with E-state index in [2.05, 4.69) is 22.8 Å². The second-order valence-corrected chi connectivity index (χ2v) is 6.56. The molecule has 1 fully saturated rings. The molecule has 0 amide bonds. The van der Waals surface area contributed by atoms with E-state index in [0.29, 0.717) is 11.8 Å². The zero-order chi connectivity index (χ0) is 15.6. The highest BCUT2D eigenvalue weighted by atomic mass is 16.1. The zero-order valence-electron chi connectivity index (χ0n) is 13.1. The number of piperidine rings is 1. The van der Waals surface area contributed by atoms with E-state index in [4.69, 9.17) is 0 Å². The number of pyridine rings is 1. The third kappa shape index (κ3) is 2.95. The monoisotopic (exact) mass is 304 g/mol. The molecule has 0 aliphatic carbocycles. The first kappa shape index (κ1) is 14.3. The van der Waals surface area contributed by atoms with Gasteiger partial charge in [0.2, 0.25) is 0 Å². The van der Waals surface area contributed by atoms with Crippen LogP contribution in [-0.4, -0.2) is 29.1 Å². The summed E-state index contributed by atoms with van der Waals surface area (Å²) in [5, 5.41) is 0. The molecule has 0 saturated carbocycles. The van der Waals surface area contributed by atoms with Gasteiger partial charge in [0.05, 0.1) is 6.54 Å². The summed E-state index contributed by atoms with van der Waals surface area (Å²) >= 11 is 0. The molecule has 4 rings (SSSR count). The molecular formula is C20H20N2O. The Labute approximate surface area is 136 Å². The Hall–Kier alpha value is -2.31. The smallest absolute Gasteiger partial charge is 0.250 e. The molecule has 116 valence electrons. The topological polar surface area (TPSA) is 25.2 Å². The number of nitrogens with zero attached hydrogens (tertiary/aromatic N) is 2. The third-order valence-corrected chi connectivity index (χ3v) is 4.86. The van der Waals surface area contributed by atoms with E-state index in [0.717, 1.165) is 31.7 Å². The Kier molecular flexibility index (Phi) is 3.77. The minimum absolute atomic E-state index is 0.148. The predicted molar refractivity (Wildman–Crippen MR) is 91.3 cm³/mol. The number of hydrogen-bond donors (Lipinski definition) is 0. The van der Waals surface area contributed by atoms with Gasteiger partial charge in [0.1, 0.15) is 0 Å². The highest BCUT2D eigenvalue weighted by molar-refractivity contribution is 5.33. The van der Waals surface area contributed by atoms with E-state index in [1.165, 1.54) is 12.1 Å². The molecule has 3 heterocycles. The van der Waals surface area contributed by atoms with Crippen molar-refractivity contribution in [2.24, 2.45) is 5.92 Å². The number of aromatic nitrogens is 1. The van der Waals surface area contributed by atoms with Gasteiger partial charge in [0, 0.05) is 42.9 Å². The van der Waals surface area contributed by atoms with E-state index in [9.17, 15) is 4.79 Å². The van der Waals surface area contributed by atoms with Crippen LogP contribution in [0.25, 0.3) is 0 Å². The fourth-order valence-electron chi connectivity index (χ4n) is 3.90. The summed E-state index contributed by atoms with van der Waals surface area (Å²) in [6.07, 6.45) is 1.20. The van der Waals surface area contributed by atoms with Crippen LogP contribution in [0.2, 0.25) is 0 Å². The number of hydrogen-bond acceptors (Lipinski definition) is 2. The molecule has 2 aliphatic heterocycles. The SMILES string of the molecule is O=c1cccc2n1CC1C[C@H]2CN(CC#Cc2ccccc2)C1. The number of rotatable bonds is 1. The normalized spacial score (nSPS) is 22.8. The minimum atomic E-state index is 0.148. The maximum absolute atomic E-state index is 12.0. The van der Waals surface area contributed by atoms with E-state index < -0.39 is 0 Å². The molecule has 1 aromatic heterocycles. The summed E-state index contributed by atoms with van der Waals surface area (Å²) in [7, 11) is 0. The first-order valence-corrected chi connectivity index (χ1v) is 8.25. The molecule has 1 unspecified atom stereocenters. The zero-order valence-corrected chi connectivity index (χ0v) is 13.1. The molecule has 0 spiro atoms. The summed E-state index contributed by atoms with van der Waals surface area (Å²) < 4.78 is 1.98. The van der Waals surface area contributed by atoms with Crippen LogP contribution in [-0.2, 0) is 6.54 Å². The molecule has 2 aliphatic rings. The highest BCUT2D eigenvalue weighted by Crippen LogP contribution is 2.34. The second kappa shape index (κ2) is 6.06. The van der Waals surface area contributed by atoms with Crippen LogP contribution < -0.4 is 5.56 Å². The van der Waals surface area contributed by atoms with E-state index >= 15 is 0 Å². The summed E-state index contributed by atoms with van der Waals surface area (Å²) in [4.78, 5) is 14.5. The van der Waals surface area contributed by atoms with Gasteiger partial charge in [-0.3, -0.25) is 9.69 Å². The summed E-state index contributed by atoms with van der Waals surface area (Å²) in [5.41, 5.74) is 2.42. The van der Waals surface area contributed by atoms with Crippen molar-refractivity contribution in [1.29, 1.82) is 0 Å². The average Bonchev–Trinajstić information content (AvgIpc) is 2.57. The van der Waals surface area contributed by atoms with Gasteiger partial charge in [0.25, 0.3) is 5.56 Å². The van der Waals surface area contributed by atoms with E-state index in [1.807, 2.05) is 41.0 Å². The van der Waals surface area contributed by atoms with E-state index in [1.54, 1.807) is 6.07 Å². The molecule has 3 heteroatoms. The first-order chi connectivity index (χ1) is 11.3. The maximum Gasteiger partial charge on any atom is 0.250 e. The van der Waals surface area contributed by atoms with Crippen LogP contribution in [0.5, 0.6) is 0 Å². The lowest BCUT2D eigenvalue weighted by atomic mass is 9.83. The quantitative estimate of drug-likeness (QED) is 0.756. The minimum Gasteiger partial charge on any atom is -0.312 e. The van der Waals surface area contributed by atoms with Gasteiger partial charge >= 0.3 is 0 Å². The Balaban J connectivity index is 1.49. The molecule has 3 nitrogen and oxygen atoms in total. The van der Waals surface area contributed by atoms with Crippen molar-refractivity contribution in [3.8, 4) is 11.8 Å². The molecule has 1 aromatic carbocycles. The summed E-state index contributed by atoms with van der Waals surface area (Å²) in [5.74, 6) is 7.58. The maximum atomic E-state index is 12.0. The van der Waals surface area contributed by atoms with Crippen molar-refractivity contribution in [1.82, 2.24) is 9.47 Å². The van der Waals surface area contributed by atoms with Gasteiger partial charge in [-0.1, -0.05) is 36.1 Å². The number of likely N-dealkylation sites (tertiary alicyclic amines) is 1. The Bertz CT molecular complexity index is 813. The van der Waals surface area contributed by atoms with Crippen molar-refractivity contribution in [2.45, 2.75) is 18.9 Å². The van der Waals surface area contributed by atoms with Crippen LogP contribution in [0.3, 0.4) is 0 Å². The van der Waals surface area contributed by atoms with Crippen LogP contribution in [0.4, 0.5) is 0 Å². The molecule has 0 N–H and O–H groups in total. The third-order valence-electron chi connectivity index (χ3n) is 4.86. The fourth-order valence-corrected chi connectivity index (χ4v) is 3.90. The molecular weight excluding hydrogens is 284 g/mol. The summed E-state index contributed by atoms with van der Waals surface area (Å²) in [6.45, 7) is 3.71. The Morgan fingerprint density at radius 2 is 1.87 bits per heavy atom. The Morgan fingerprint density at radius 3 is 2.74 bits per heavy atom. The highest BCUT2D eigenvalue weighted by Gasteiger charge is 2.33. The van der Waals surface area contributed by atoms with Gasteiger partial charge < -0.3 is 4.57 Å². The lowest BCUT2D eigenvalue weighted by molar-refractivity contribution is 0.133. The summed E-state index contributed by atoms with van der Waals surface area (Å²) in [6, 6.07) is 15.8. The molecule has 0 radical (unpaired) electrons. The Morgan fingerprint density at radius 1 is 1.00 bits per heavy atom. The van der Waals surface area contributed by atoms with Crippen LogP contribution in [0, 0.1) is 17.8 Å². The number of fused-ring (bicyclic) bond motifs is 4. The van der Waals surface area contributed by atoms with Gasteiger partial charge in [0.15, 0.2) is 0 Å². The van der Waals surface area contributed by atoms with Crippen molar-refractivity contribution >= 4 is 0 Å². The van der Waals surface area contributed by atoms with Gasteiger partial charge in [-0.15, -0.1) is 0 Å². The van der Waals surface area contributed by atoms with Crippen LogP contribution >= 0.6 is 0 Å². The number of benzene rings is 1. The van der Waals surface area contributed by atoms with Crippen molar-refractivity contribution in [3.05, 3.63) is 70.1 Å². The largest absolute Gasteiger partial charge is 0.312 e. The second-order valence-electron chi connectivity index (χ2n) is 6.56. The van der Waals surface area contributed by atoms with Crippen molar-refractivity contribution in [2.75, 3.05) is 19.6 Å². The first-order valence-electron chi connectivity index (χ1n) is 8.25. The molecule has 2 aromatic rings. The molecule has 1 saturated heterocycles. The van der Waals surface area contributed by atoms with Crippen molar-refractivity contribution < 1.29 is 0 Å². The predicted octanol–water partition coefficient (Wildman–Crippen LogP) is 2.32. The molecule has 2 atom stereocenters. The molecule has 23 heavy (non-hydrogen) atoms. The lowest BCUT2D eigenvalue weighted by Crippen LogP contribution is -2.47. The van der Waals surface area contributed by atoms with Gasteiger partial charge in [-0.05, 0) is 30.5 Å². The lowest BCUT2D eigenvalue weighted by Gasteiger charge is -2.42. The van der Waals surface area contributed by atoms with Crippen LogP contribution in [0.15, 0.2) is 53.3 Å². The molecule has 2 bridgehead atoms. The average molecular weight is 304 g/mol. The fraction of sp³-hybridized carbons (Fsp3) is 0.350. The van der Waals surface area contributed by atoms with E-state index in [-0.39, 0.29) is 5.56 Å². The standard InChI is InChI=1S/C20H20N2O/c23-20-10-4-9-19-18-12-17(14-22(19)20)13-21(15-18)11-5-8-16-6-2-1-3-7-16/h1-4,6-7,9-10,17-18H,11-15H2/t17?,18-/m0/s1.